The molecule has 1 N–H and O–H groups in total. The number of amides is 1. The molecule has 4 heteroatoms. The highest BCUT2D eigenvalue weighted by Crippen LogP contribution is 2.14. The van der Waals surface area contributed by atoms with Gasteiger partial charge >= 0.3 is 0 Å². The maximum Gasteiger partial charge on any atom is 0.239 e. The molecule has 0 saturated carbocycles. The standard InChI is InChI=1S/C13H20N2OS/c1-15(10-11-6-5-9-17-11)13(16)12-7-3-2-4-8-14-12/h5-6,9,12,14H,2-4,7-8,10H2,1H3. The number of hydrogen-bond donors (Lipinski definition) is 1. The van der Waals surface area contributed by atoms with Crippen LogP contribution in [0.15, 0.2) is 17.5 Å². The third kappa shape index (κ3) is 3.54. The monoisotopic (exact) mass is 252 g/mol. The fourth-order valence-corrected chi connectivity index (χ4v) is 2.98. The maximum atomic E-state index is 12.2. The number of hydrogen-bond acceptors (Lipinski definition) is 3. The largest absolute Gasteiger partial charge is 0.339 e. The van der Waals surface area contributed by atoms with Crippen LogP contribution in [0.5, 0.6) is 0 Å². The van der Waals surface area contributed by atoms with E-state index in [9.17, 15) is 4.79 Å². The van der Waals surface area contributed by atoms with Crippen LogP contribution in [0, 0.1) is 0 Å². The topological polar surface area (TPSA) is 32.3 Å². The zero-order valence-electron chi connectivity index (χ0n) is 10.3. The molecule has 1 saturated heterocycles. The highest BCUT2D eigenvalue weighted by molar-refractivity contribution is 7.09. The summed E-state index contributed by atoms with van der Waals surface area (Å²) in [6.45, 7) is 1.71. The molecule has 3 nitrogen and oxygen atoms in total. The van der Waals surface area contributed by atoms with Gasteiger partial charge in [0.15, 0.2) is 0 Å². The zero-order valence-corrected chi connectivity index (χ0v) is 11.1. The Bertz CT molecular complexity index is 342. The van der Waals surface area contributed by atoms with Crippen LogP contribution in [0.1, 0.15) is 30.6 Å². The van der Waals surface area contributed by atoms with Gasteiger partial charge in [-0.25, -0.2) is 0 Å². The Kier molecular flexibility index (Phi) is 4.57. The second kappa shape index (κ2) is 6.17. The Balaban J connectivity index is 1.89. The quantitative estimate of drug-likeness (QED) is 0.895. The lowest BCUT2D eigenvalue weighted by Crippen LogP contribution is -2.44. The highest BCUT2D eigenvalue weighted by Gasteiger charge is 2.22. The average molecular weight is 252 g/mol. The third-order valence-corrected chi connectivity index (χ3v) is 4.07. The van der Waals surface area contributed by atoms with Crippen LogP contribution in [0.2, 0.25) is 0 Å². The van der Waals surface area contributed by atoms with Crippen molar-refractivity contribution in [2.75, 3.05) is 13.6 Å². The van der Waals surface area contributed by atoms with Crippen molar-refractivity contribution in [2.45, 2.75) is 38.3 Å². The van der Waals surface area contributed by atoms with Crippen LogP contribution in [0.25, 0.3) is 0 Å². The first-order valence-corrected chi connectivity index (χ1v) is 7.16. The van der Waals surface area contributed by atoms with Crippen molar-refractivity contribution < 1.29 is 4.79 Å². The van der Waals surface area contributed by atoms with Gasteiger partial charge in [0.1, 0.15) is 0 Å². The maximum absolute atomic E-state index is 12.2. The minimum Gasteiger partial charge on any atom is -0.339 e. The molecule has 1 aromatic rings. The Morgan fingerprint density at radius 3 is 3.18 bits per heavy atom. The summed E-state index contributed by atoms with van der Waals surface area (Å²) in [4.78, 5) is 15.3. The van der Waals surface area contributed by atoms with E-state index in [1.54, 1.807) is 11.3 Å². The van der Waals surface area contributed by atoms with E-state index in [0.717, 1.165) is 25.9 Å². The summed E-state index contributed by atoms with van der Waals surface area (Å²) in [5, 5.41) is 5.41. The molecular weight excluding hydrogens is 232 g/mol. The summed E-state index contributed by atoms with van der Waals surface area (Å²) >= 11 is 1.71. The van der Waals surface area contributed by atoms with Crippen LogP contribution < -0.4 is 5.32 Å². The van der Waals surface area contributed by atoms with Gasteiger partial charge in [-0.15, -0.1) is 11.3 Å². The first kappa shape index (κ1) is 12.6. The van der Waals surface area contributed by atoms with Crippen molar-refractivity contribution in [1.29, 1.82) is 0 Å². The number of thiophene rings is 1. The van der Waals surface area contributed by atoms with Gasteiger partial charge in [-0.05, 0) is 30.8 Å². The third-order valence-electron chi connectivity index (χ3n) is 3.21. The molecule has 1 aliphatic heterocycles. The van der Waals surface area contributed by atoms with Crippen molar-refractivity contribution in [3.8, 4) is 0 Å². The SMILES string of the molecule is CN(Cc1cccs1)C(=O)C1CCCCCN1. The summed E-state index contributed by atoms with van der Waals surface area (Å²) in [6.07, 6.45) is 4.58. The van der Waals surface area contributed by atoms with Crippen LogP contribution in [-0.4, -0.2) is 30.4 Å². The summed E-state index contributed by atoms with van der Waals surface area (Å²) in [7, 11) is 1.90. The zero-order chi connectivity index (χ0) is 12.1. The molecule has 1 aliphatic rings. The van der Waals surface area contributed by atoms with Crippen molar-refractivity contribution in [2.24, 2.45) is 0 Å². The van der Waals surface area contributed by atoms with Crippen LogP contribution in [0.4, 0.5) is 0 Å². The molecule has 2 rings (SSSR count). The van der Waals surface area contributed by atoms with Crippen LogP contribution in [-0.2, 0) is 11.3 Å². The Morgan fingerprint density at radius 1 is 1.53 bits per heavy atom. The normalized spacial score (nSPS) is 20.9. The molecule has 0 radical (unpaired) electrons. The lowest BCUT2D eigenvalue weighted by atomic mass is 10.1. The molecular formula is C13H20N2OS. The number of rotatable bonds is 3. The molecule has 2 heterocycles. The van der Waals surface area contributed by atoms with Gasteiger partial charge in [0.2, 0.25) is 5.91 Å². The van der Waals surface area contributed by atoms with E-state index in [4.69, 9.17) is 0 Å². The van der Waals surface area contributed by atoms with Crippen molar-refractivity contribution in [1.82, 2.24) is 10.2 Å². The fraction of sp³-hybridized carbons (Fsp3) is 0.615. The fourth-order valence-electron chi connectivity index (χ4n) is 2.22. The highest BCUT2D eigenvalue weighted by atomic mass is 32.1. The van der Waals surface area contributed by atoms with Crippen LogP contribution in [0.3, 0.4) is 0 Å². The second-order valence-corrected chi connectivity index (χ2v) is 5.66. The van der Waals surface area contributed by atoms with Crippen LogP contribution >= 0.6 is 11.3 Å². The summed E-state index contributed by atoms with van der Waals surface area (Å²) in [5.41, 5.74) is 0. The number of carbonyl (C=O) groups is 1. The molecule has 1 atom stereocenters. The molecule has 0 aromatic carbocycles. The smallest absolute Gasteiger partial charge is 0.239 e. The van der Waals surface area contributed by atoms with E-state index in [1.165, 1.54) is 17.7 Å². The molecule has 0 bridgehead atoms. The van der Waals surface area contributed by atoms with Gasteiger partial charge in [-0.3, -0.25) is 4.79 Å². The minimum atomic E-state index is 0.0301. The summed E-state index contributed by atoms with van der Waals surface area (Å²) < 4.78 is 0. The van der Waals surface area contributed by atoms with E-state index in [1.807, 2.05) is 18.0 Å². The van der Waals surface area contributed by atoms with Gasteiger partial charge in [0, 0.05) is 11.9 Å². The molecule has 0 aliphatic carbocycles. The molecule has 1 fully saturated rings. The van der Waals surface area contributed by atoms with E-state index >= 15 is 0 Å². The van der Waals surface area contributed by atoms with Gasteiger partial charge in [-0.1, -0.05) is 18.9 Å². The predicted molar refractivity (Wildman–Crippen MR) is 71.1 cm³/mol. The molecule has 1 unspecified atom stereocenters. The van der Waals surface area contributed by atoms with Crippen molar-refractivity contribution in [3.63, 3.8) is 0 Å². The Labute approximate surface area is 107 Å². The summed E-state index contributed by atoms with van der Waals surface area (Å²) in [6, 6.07) is 4.14. The molecule has 94 valence electrons. The van der Waals surface area contributed by atoms with E-state index < -0.39 is 0 Å². The van der Waals surface area contributed by atoms with E-state index in [-0.39, 0.29) is 11.9 Å². The van der Waals surface area contributed by atoms with Gasteiger partial charge < -0.3 is 10.2 Å². The van der Waals surface area contributed by atoms with Gasteiger partial charge in [0.05, 0.1) is 12.6 Å². The molecule has 1 amide bonds. The average Bonchev–Trinajstić information content (AvgIpc) is 2.68. The minimum absolute atomic E-state index is 0.0301. The number of likely N-dealkylation sites (N-methyl/N-ethyl adjacent to an activating group) is 1. The molecule has 1 aromatic heterocycles. The number of nitrogens with one attached hydrogen (secondary N) is 1. The summed E-state index contributed by atoms with van der Waals surface area (Å²) in [5.74, 6) is 0.236. The lowest BCUT2D eigenvalue weighted by molar-refractivity contribution is -0.132. The Hall–Kier alpha value is -0.870. The second-order valence-electron chi connectivity index (χ2n) is 4.63. The van der Waals surface area contributed by atoms with Gasteiger partial charge in [0.25, 0.3) is 0 Å². The predicted octanol–water partition coefficient (Wildman–Crippen LogP) is 2.24. The van der Waals surface area contributed by atoms with Gasteiger partial charge in [-0.2, -0.15) is 0 Å². The van der Waals surface area contributed by atoms with Crippen molar-refractivity contribution >= 4 is 17.2 Å². The van der Waals surface area contributed by atoms with E-state index in [2.05, 4.69) is 16.8 Å². The lowest BCUT2D eigenvalue weighted by Gasteiger charge is -2.23. The molecule has 0 spiro atoms. The number of carbonyl (C=O) groups excluding carboxylic acids is 1. The first-order valence-electron chi connectivity index (χ1n) is 6.28. The first-order chi connectivity index (χ1) is 8.27. The number of nitrogens with zero attached hydrogens (tertiary/aromatic N) is 1. The Morgan fingerprint density at radius 2 is 2.41 bits per heavy atom. The van der Waals surface area contributed by atoms with E-state index in [0.29, 0.717) is 0 Å². The molecule has 17 heavy (non-hydrogen) atoms. The van der Waals surface area contributed by atoms with Crippen molar-refractivity contribution in [3.05, 3.63) is 22.4 Å².